The van der Waals surface area contributed by atoms with Crippen molar-refractivity contribution < 1.29 is 26.3 Å². The monoisotopic (exact) mass is 452 g/mol. The van der Waals surface area contributed by atoms with E-state index < -0.39 is 22.9 Å². The fourth-order valence-corrected chi connectivity index (χ4v) is 4.32. The third kappa shape index (κ3) is 3.33. The van der Waals surface area contributed by atoms with E-state index in [1.165, 1.54) is 16.3 Å². The predicted octanol–water partition coefficient (Wildman–Crippen LogP) is 4.89. The highest BCUT2D eigenvalue weighted by Gasteiger charge is 2.37. The Morgan fingerprint density at radius 1 is 1.10 bits per heavy atom. The molecule has 0 atom stereocenters. The van der Waals surface area contributed by atoms with E-state index in [2.05, 4.69) is 20.1 Å². The second-order valence-corrected chi connectivity index (χ2v) is 8.07. The first kappa shape index (κ1) is 19.9. The van der Waals surface area contributed by atoms with Crippen molar-refractivity contribution in [2.45, 2.75) is 24.3 Å². The van der Waals surface area contributed by atoms with Crippen molar-refractivity contribution in [2.75, 3.05) is 5.75 Å². The van der Waals surface area contributed by atoms with Gasteiger partial charge in [-0.15, -0.1) is 16.9 Å². The lowest BCUT2D eigenvalue weighted by Crippen LogP contribution is -2.05. The Hall–Kier alpha value is -2.35. The summed E-state index contributed by atoms with van der Waals surface area (Å²) >= 11 is 1.59. The highest BCUT2D eigenvalue weighted by atomic mass is 32.2. The van der Waals surface area contributed by atoms with Gasteiger partial charge in [-0.1, -0.05) is 18.3 Å². The number of alkyl halides is 6. The molecule has 0 aliphatic heterocycles. The molecule has 4 aromatic rings. The zero-order valence-corrected chi connectivity index (χ0v) is 16.3. The average Bonchev–Trinajstić information content (AvgIpc) is 3.26. The lowest BCUT2D eigenvalue weighted by molar-refractivity contribution is -0.138. The Bertz CT molecular complexity index is 1220. The number of halogens is 6. The van der Waals surface area contributed by atoms with Gasteiger partial charge in [0.2, 0.25) is 9.97 Å². The van der Waals surface area contributed by atoms with Crippen molar-refractivity contribution in [1.29, 1.82) is 0 Å². The van der Waals surface area contributed by atoms with E-state index in [-0.39, 0.29) is 27.6 Å². The Balaban J connectivity index is 1.91. The molecular formula is C15H10F6N6S2. The molecule has 4 rings (SSSR count). The van der Waals surface area contributed by atoms with E-state index in [0.717, 1.165) is 10.6 Å². The molecule has 0 aliphatic carbocycles. The van der Waals surface area contributed by atoms with Crippen molar-refractivity contribution in [1.82, 2.24) is 29.1 Å². The molecule has 0 spiro atoms. The summed E-state index contributed by atoms with van der Waals surface area (Å²) in [5, 5.41) is 2.89. The van der Waals surface area contributed by atoms with Gasteiger partial charge in [-0.05, 0) is 11.8 Å². The number of imidazole rings is 2. The zero-order valence-electron chi connectivity index (χ0n) is 14.6. The van der Waals surface area contributed by atoms with E-state index in [9.17, 15) is 26.3 Å². The summed E-state index contributed by atoms with van der Waals surface area (Å²) in [6, 6.07) is 0.872. The molecule has 154 valence electrons. The highest BCUT2D eigenvalue weighted by molar-refractivity contribution is 7.99. The van der Waals surface area contributed by atoms with Crippen LogP contribution in [-0.2, 0) is 19.4 Å². The minimum absolute atomic E-state index is 0.00469. The summed E-state index contributed by atoms with van der Waals surface area (Å²) in [6.45, 7) is 1.80. The topological polar surface area (TPSA) is 60.9 Å². The molecule has 0 aliphatic rings. The molecule has 0 saturated heterocycles. The quantitative estimate of drug-likeness (QED) is 0.327. The number of fused-ring (bicyclic) bond motifs is 2. The van der Waals surface area contributed by atoms with Crippen LogP contribution < -0.4 is 0 Å². The summed E-state index contributed by atoms with van der Waals surface area (Å²) in [6.07, 6.45) is -8.47. The summed E-state index contributed by atoms with van der Waals surface area (Å²) in [5.74, 6) is 0.703. The Labute approximate surface area is 166 Å². The van der Waals surface area contributed by atoms with Gasteiger partial charge >= 0.3 is 12.4 Å². The van der Waals surface area contributed by atoms with Crippen LogP contribution in [-0.4, -0.2) is 34.9 Å². The van der Waals surface area contributed by atoms with E-state index >= 15 is 0 Å². The molecule has 0 fully saturated rings. The van der Waals surface area contributed by atoms with Gasteiger partial charge in [-0.25, -0.2) is 15.0 Å². The zero-order chi connectivity index (χ0) is 21.1. The normalized spacial score (nSPS) is 13.1. The van der Waals surface area contributed by atoms with E-state index in [0.29, 0.717) is 28.3 Å². The van der Waals surface area contributed by atoms with Gasteiger partial charge in [0.25, 0.3) is 0 Å². The van der Waals surface area contributed by atoms with Crippen LogP contribution in [0.4, 0.5) is 26.3 Å². The molecule has 4 aromatic heterocycles. The second kappa shape index (κ2) is 6.58. The third-order valence-corrected chi connectivity index (χ3v) is 5.82. The maximum Gasteiger partial charge on any atom is 0.445 e. The van der Waals surface area contributed by atoms with Crippen molar-refractivity contribution in [2.24, 2.45) is 7.05 Å². The van der Waals surface area contributed by atoms with Gasteiger partial charge in [0.15, 0.2) is 11.5 Å². The maximum atomic E-state index is 13.0. The fourth-order valence-electron chi connectivity index (χ4n) is 2.70. The number of nitrogens with zero attached hydrogens (tertiary/aromatic N) is 6. The maximum absolute atomic E-state index is 13.0. The molecule has 0 N–H and O–H groups in total. The number of pyridine rings is 1. The SMILES string of the molecule is CCSc1c(-c2nc3cc(C(F)(F)F)cnc3n2C)nc2sc(C(F)(F)F)nn12. The third-order valence-electron chi connectivity index (χ3n) is 3.93. The first-order chi connectivity index (χ1) is 13.5. The molecule has 0 amide bonds. The van der Waals surface area contributed by atoms with Crippen LogP contribution >= 0.6 is 23.1 Å². The van der Waals surface area contributed by atoms with Crippen molar-refractivity contribution in [3.05, 3.63) is 22.8 Å². The van der Waals surface area contributed by atoms with Gasteiger partial charge in [0.05, 0.1) is 5.56 Å². The molecule has 0 aromatic carbocycles. The first-order valence-electron chi connectivity index (χ1n) is 8.00. The minimum Gasteiger partial charge on any atom is -0.310 e. The summed E-state index contributed by atoms with van der Waals surface area (Å²) < 4.78 is 80.3. The van der Waals surface area contributed by atoms with Crippen LogP contribution in [0.3, 0.4) is 0 Å². The molecule has 4 heterocycles. The van der Waals surface area contributed by atoms with Crippen LogP contribution in [0.25, 0.3) is 27.6 Å². The Kier molecular flexibility index (Phi) is 4.53. The number of hydrogen-bond donors (Lipinski definition) is 0. The van der Waals surface area contributed by atoms with E-state index in [1.54, 1.807) is 14.0 Å². The lowest BCUT2D eigenvalue weighted by atomic mass is 10.2. The van der Waals surface area contributed by atoms with Crippen molar-refractivity contribution in [3.63, 3.8) is 0 Å². The lowest BCUT2D eigenvalue weighted by Gasteiger charge is -2.05. The molecule has 6 nitrogen and oxygen atoms in total. The van der Waals surface area contributed by atoms with Crippen molar-refractivity contribution in [3.8, 4) is 11.5 Å². The van der Waals surface area contributed by atoms with Crippen LogP contribution in [0.15, 0.2) is 17.3 Å². The number of aromatic nitrogens is 6. The first-order valence-corrected chi connectivity index (χ1v) is 9.80. The summed E-state index contributed by atoms with van der Waals surface area (Å²) in [4.78, 5) is 12.3. The molecule has 14 heteroatoms. The fraction of sp³-hybridized carbons (Fsp3) is 0.333. The highest BCUT2D eigenvalue weighted by Crippen LogP contribution is 2.38. The van der Waals surface area contributed by atoms with Crippen LogP contribution in [0.5, 0.6) is 0 Å². The van der Waals surface area contributed by atoms with Gasteiger partial charge in [-0.2, -0.15) is 30.9 Å². The molecule has 0 radical (unpaired) electrons. The molecule has 0 bridgehead atoms. The number of aryl methyl sites for hydroxylation is 1. The largest absolute Gasteiger partial charge is 0.445 e. The van der Waals surface area contributed by atoms with Gasteiger partial charge < -0.3 is 4.57 Å². The standard InChI is InChI=1S/C15H10F6N6S2/c1-3-28-11-8(24-13-27(11)25-12(29-13)15(19,20)21)10-23-7-4-6(14(16,17)18)5-22-9(7)26(10)2/h4-5H,3H2,1-2H3. The van der Waals surface area contributed by atoms with Gasteiger partial charge in [-0.3, -0.25) is 0 Å². The molecular weight excluding hydrogens is 442 g/mol. The number of rotatable bonds is 3. The van der Waals surface area contributed by atoms with Gasteiger partial charge in [0, 0.05) is 13.2 Å². The molecule has 0 saturated carbocycles. The minimum atomic E-state index is -4.60. The Morgan fingerprint density at radius 3 is 2.45 bits per heavy atom. The summed E-state index contributed by atoms with van der Waals surface area (Å²) in [7, 11) is 1.55. The van der Waals surface area contributed by atoms with E-state index in [1.807, 2.05) is 0 Å². The van der Waals surface area contributed by atoms with Crippen LogP contribution in [0.1, 0.15) is 17.5 Å². The molecule has 0 unspecified atom stereocenters. The molecule has 29 heavy (non-hydrogen) atoms. The van der Waals surface area contributed by atoms with E-state index in [4.69, 9.17) is 0 Å². The van der Waals surface area contributed by atoms with Crippen LogP contribution in [0, 0.1) is 0 Å². The second-order valence-electron chi connectivity index (χ2n) is 5.86. The predicted molar refractivity (Wildman–Crippen MR) is 94.8 cm³/mol. The van der Waals surface area contributed by atoms with Crippen molar-refractivity contribution >= 4 is 39.2 Å². The van der Waals surface area contributed by atoms with Gasteiger partial charge in [0.1, 0.15) is 16.2 Å². The average molecular weight is 452 g/mol. The number of thioether (sulfide) groups is 1. The Morgan fingerprint density at radius 2 is 1.83 bits per heavy atom. The smallest absolute Gasteiger partial charge is 0.310 e. The van der Waals surface area contributed by atoms with Crippen LogP contribution in [0.2, 0.25) is 0 Å². The summed E-state index contributed by atoms with van der Waals surface area (Å²) in [5.41, 5.74) is -0.510. The number of hydrogen-bond acceptors (Lipinski definition) is 6.